The average molecular weight is 457 g/mol. The Hall–Kier alpha value is -3.22. The maximum Gasteiger partial charge on any atom is 0.147 e. The second-order valence-corrected chi connectivity index (χ2v) is 9.41. The summed E-state index contributed by atoms with van der Waals surface area (Å²) in [5.41, 5.74) is 6.95. The van der Waals surface area contributed by atoms with Gasteiger partial charge in [0.05, 0.1) is 34.2 Å². The van der Waals surface area contributed by atoms with Crippen LogP contribution in [-0.4, -0.2) is 37.2 Å². The van der Waals surface area contributed by atoms with E-state index in [2.05, 4.69) is 57.9 Å². The molecule has 1 aliphatic rings. The smallest absolute Gasteiger partial charge is 0.147 e. The van der Waals surface area contributed by atoms with Gasteiger partial charge >= 0.3 is 0 Å². The summed E-state index contributed by atoms with van der Waals surface area (Å²) in [7, 11) is 0. The summed E-state index contributed by atoms with van der Waals surface area (Å²) in [4.78, 5) is 9.87. The monoisotopic (exact) mass is 456 g/mol. The largest absolute Gasteiger partial charge is 0.315 e. The van der Waals surface area contributed by atoms with Gasteiger partial charge in [0, 0.05) is 47.2 Å². The van der Waals surface area contributed by atoms with Gasteiger partial charge in [0.25, 0.3) is 0 Å². The first-order valence-corrected chi connectivity index (χ1v) is 11.8. The lowest BCUT2D eigenvalue weighted by molar-refractivity contribution is 0.491. The first-order chi connectivity index (χ1) is 16.1. The topological polar surface area (TPSA) is 60.0 Å². The lowest BCUT2D eigenvalue weighted by Crippen LogP contribution is -2.13. The van der Waals surface area contributed by atoms with Crippen molar-refractivity contribution in [2.75, 3.05) is 13.1 Å². The standard InChI is InChI=1S/C26H25ClN6/c1-16(2)25-24(20-5-3-4-6-22(20)27)31-26-21-11-17(12-29-23(21)8-10-32(25)26)18-13-30-33(15-18)19-7-9-28-14-19/h3-6,8,10-13,15-16,19,28H,7,9,14H2,1-2H3/t19-/m0/s1. The van der Waals surface area contributed by atoms with Crippen LogP contribution in [0, 0.1) is 0 Å². The van der Waals surface area contributed by atoms with Gasteiger partial charge in [-0.15, -0.1) is 0 Å². The highest BCUT2D eigenvalue weighted by atomic mass is 35.5. The maximum atomic E-state index is 6.57. The zero-order chi connectivity index (χ0) is 22.5. The van der Waals surface area contributed by atoms with Crippen LogP contribution in [0.15, 0.2) is 61.2 Å². The number of nitrogens with zero attached hydrogens (tertiary/aromatic N) is 5. The number of imidazole rings is 1. The predicted molar refractivity (Wildman–Crippen MR) is 133 cm³/mol. The summed E-state index contributed by atoms with van der Waals surface area (Å²) < 4.78 is 4.26. The van der Waals surface area contributed by atoms with Crippen molar-refractivity contribution in [1.29, 1.82) is 0 Å². The van der Waals surface area contributed by atoms with Gasteiger partial charge < -0.3 is 9.72 Å². The van der Waals surface area contributed by atoms with Crippen LogP contribution in [-0.2, 0) is 0 Å². The molecule has 5 aromatic rings. The third kappa shape index (κ3) is 3.41. The number of hydrogen-bond acceptors (Lipinski definition) is 4. The first-order valence-electron chi connectivity index (χ1n) is 11.4. The van der Waals surface area contributed by atoms with Gasteiger partial charge in [-0.05, 0) is 37.1 Å². The van der Waals surface area contributed by atoms with Gasteiger partial charge in [-0.3, -0.25) is 9.67 Å². The number of rotatable bonds is 4. The van der Waals surface area contributed by atoms with Crippen molar-refractivity contribution in [2.45, 2.75) is 32.2 Å². The fourth-order valence-corrected chi connectivity index (χ4v) is 5.06. The van der Waals surface area contributed by atoms with Crippen LogP contribution in [0.1, 0.15) is 37.9 Å². The Morgan fingerprint density at radius 2 is 2.00 bits per heavy atom. The van der Waals surface area contributed by atoms with Crippen molar-refractivity contribution < 1.29 is 0 Å². The fraction of sp³-hybridized carbons (Fsp3) is 0.269. The summed E-state index contributed by atoms with van der Waals surface area (Å²) in [5.74, 6) is 0.276. The number of fused-ring (bicyclic) bond motifs is 3. The van der Waals surface area contributed by atoms with E-state index in [1.54, 1.807) is 0 Å². The van der Waals surface area contributed by atoms with Gasteiger partial charge in [0.1, 0.15) is 5.65 Å². The minimum Gasteiger partial charge on any atom is -0.315 e. The molecule has 1 aliphatic heterocycles. The normalized spacial score (nSPS) is 16.4. The summed E-state index contributed by atoms with van der Waals surface area (Å²) in [6.45, 7) is 6.39. The molecule has 166 valence electrons. The number of halogens is 1. The molecule has 1 aromatic carbocycles. The molecule has 0 saturated carbocycles. The van der Waals surface area contributed by atoms with Crippen LogP contribution in [0.5, 0.6) is 0 Å². The van der Waals surface area contributed by atoms with E-state index in [4.69, 9.17) is 21.6 Å². The van der Waals surface area contributed by atoms with Crippen molar-refractivity contribution in [3.63, 3.8) is 0 Å². The zero-order valence-electron chi connectivity index (χ0n) is 18.7. The second-order valence-electron chi connectivity index (χ2n) is 9.00. The van der Waals surface area contributed by atoms with E-state index in [1.165, 1.54) is 0 Å². The van der Waals surface area contributed by atoms with E-state index in [1.807, 2.05) is 36.7 Å². The van der Waals surface area contributed by atoms with Crippen LogP contribution >= 0.6 is 11.6 Å². The summed E-state index contributed by atoms with van der Waals surface area (Å²) in [6, 6.07) is 12.6. The lowest BCUT2D eigenvalue weighted by Gasteiger charge is -2.10. The third-order valence-corrected chi connectivity index (χ3v) is 6.84. The van der Waals surface area contributed by atoms with E-state index >= 15 is 0 Å². The molecule has 0 unspecified atom stereocenters. The Morgan fingerprint density at radius 3 is 2.79 bits per heavy atom. The molecule has 6 rings (SSSR count). The molecule has 0 amide bonds. The van der Waals surface area contributed by atoms with Crippen molar-refractivity contribution >= 4 is 28.2 Å². The minimum atomic E-state index is 0.276. The number of aromatic nitrogens is 5. The van der Waals surface area contributed by atoms with Crippen molar-refractivity contribution in [1.82, 2.24) is 29.5 Å². The van der Waals surface area contributed by atoms with E-state index in [0.29, 0.717) is 11.1 Å². The van der Waals surface area contributed by atoms with Crippen molar-refractivity contribution in [3.8, 4) is 22.4 Å². The van der Waals surface area contributed by atoms with Gasteiger partial charge in [0.15, 0.2) is 0 Å². The number of benzene rings is 1. The molecule has 7 heteroatoms. The summed E-state index contributed by atoms with van der Waals surface area (Å²) >= 11 is 6.57. The number of pyridine rings is 2. The van der Waals surface area contributed by atoms with E-state index < -0.39 is 0 Å². The molecule has 0 aliphatic carbocycles. The molecular weight excluding hydrogens is 432 g/mol. The van der Waals surface area contributed by atoms with Crippen LogP contribution in [0.25, 0.3) is 38.9 Å². The molecule has 0 radical (unpaired) electrons. The minimum absolute atomic E-state index is 0.276. The second kappa shape index (κ2) is 7.97. The van der Waals surface area contributed by atoms with Gasteiger partial charge in [-0.25, -0.2) is 4.98 Å². The summed E-state index contributed by atoms with van der Waals surface area (Å²) in [5, 5.41) is 9.75. The average Bonchev–Trinajstić information content (AvgIpc) is 3.58. The summed E-state index contributed by atoms with van der Waals surface area (Å²) in [6.07, 6.45) is 9.16. The highest BCUT2D eigenvalue weighted by Crippen LogP contribution is 2.36. The quantitative estimate of drug-likeness (QED) is 0.375. The molecule has 4 aromatic heterocycles. The Kier molecular flexibility index (Phi) is 4.93. The molecule has 0 spiro atoms. The molecule has 1 saturated heterocycles. The number of nitrogens with one attached hydrogen (secondary N) is 1. The van der Waals surface area contributed by atoms with E-state index in [-0.39, 0.29) is 5.92 Å². The SMILES string of the molecule is CC(C)c1c(-c2ccccc2Cl)nc2c3cc(-c4cnn([C@H]5CCNC5)c4)cnc3ccn12. The highest BCUT2D eigenvalue weighted by Gasteiger charge is 2.21. The molecular formula is C26H25ClN6. The Labute approximate surface area is 197 Å². The fourth-order valence-electron chi connectivity index (χ4n) is 4.83. The molecule has 5 heterocycles. The Bertz CT molecular complexity index is 1480. The Balaban J connectivity index is 1.53. The van der Waals surface area contributed by atoms with E-state index in [0.717, 1.165) is 64.1 Å². The van der Waals surface area contributed by atoms with Gasteiger partial charge in [-0.1, -0.05) is 43.6 Å². The third-order valence-electron chi connectivity index (χ3n) is 6.51. The lowest BCUT2D eigenvalue weighted by atomic mass is 10.0. The predicted octanol–water partition coefficient (Wildman–Crippen LogP) is 5.72. The van der Waals surface area contributed by atoms with Gasteiger partial charge in [-0.2, -0.15) is 5.10 Å². The van der Waals surface area contributed by atoms with E-state index in [9.17, 15) is 0 Å². The maximum absolute atomic E-state index is 6.57. The zero-order valence-corrected chi connectivity index (χ0v) is 19.4. The molecule has 1 atom stereocenters. The van der Waals surface area contributed by atoms with Gasteiger partial charge in [0.2, 0.25) is 0 Å². The van der Waals surface area contributed by atoms with Crippen LogP contribution < -0.4 is 5.32 Å². The number of hydrogen-bond donors (Lipinski definition) is 1. The van der Waals surface area contributed by atoms with Crippen molar-refractivity contribution in [2.24, 2.45) is 0 Å². The van der Waals surface area contributed by atoms with Crippen LogP contribution in [0.2, 0.25) is 5.02 Å². The van der Waals surface area contributed by atoms with Crippen molar-refractivity contribution in [3.05, 3.63) is 71.9 Å². The molecule has 0 bridgehead atoms. The van der Waals surface area contributed by atoms with Crippen LogP contribution in [0.4, 0.5) is 0 Å². The molecule has 1 fully saturated rings. The molecule has 33 heavy (non-hydrogen) atoms. The molecule has 6 nitrogen and oxygen atoms in total. The molecule has 1 N–H and O–H groups in total. The first kappa shape index (κ1) is 20.4. The highest BCUT2D eigenvalue weighted by molar-refractivity contribution is 6.33. The van der Waals surface area contributed by atoms with Crippen LogP contribution in [0.3, 0.4) is 0 Å². The Morgan fingerprint density at radius 1 is 1.12 bits per heavy atom.